The number of nitro groups is 1. The predicted molar refractivity (Wildman–Crippen MR) is 62.3 cm³/mol. The van der Waals surface area contributed by atoms with Crippen LogP contribution in [0.2, 0.25) is 5.02 Å². The molecule has 1 aromatic carbocycles. The zero-order chi connectivity index (χ0) is 14.9. The molecule has 0 N–H and O–H groups in total. The number of ether oxygens (including phenoxy) is 1. The third kappa shape index (κ3) is 2.80. The van der Waals surface area contributed by atoms with E-state index in [1.165, 1.54) is 0 Å². The van der Waals surface area contributed by atoms with E-state index in [9.17, 15) is 23.3 Å². The zero-order valence-electron chi connectivity index (χ0n) is 9.44. The third-order valence-electron chi connectivity index (χ3n) is 2.18. The van der Waals surface area contributed by atoms with E-state index in [-0.39, 0.29) is 22.5 Å². The number of halogens is 4. The molecule has 2 rings (SSSR count). The summed E-state index contributed by atoms with van der Waals surface area (Å²) in [7, 11) is 0. The van der Waals surface area contributed by atoms with E-state index in [2.05, 4.69) is 4.98 Å². The number of rotatable bonds is 3. The van der Waals surface area contributed by atoms with Crippen LogP contribution in [-0.2, 0) is 0 Å². The zero-order valence-corrected chi connectivity index (χ0v) is 10.2. The Morgan fingerprint density at radius 3 is 2.50 bits per heavy atom. The lowest BCUT2D eigenvalue weighted by molar-refractivity contribution is -0.384. The van der Waals surface area contributed by atoms with E-state index in [0.29, 0.717) is 0 Å². The van der Waals surface area contributed by atoms with E-state index >= 15 is 0 Å². The van der Waals surface area contributed by atoms with Crippen LogP contribution in [0.4, 0.5) is 18.9 Å². The number of hydrogen-bond acceptors (Lipinski definition) is 4. The largest absolute Gasteiger partial charge is 0.436 e. The van der Waals surface area contributed by atoms with Gasteiger partial charge >= 0.3 is 0 Å². The lowest BCUT2D eigenvalue weighted by Crippen LogP contribution is -1.98. The first-order chi connectivity index (χ1) is 9.38. The summed E-state index contributed by atoms with van der Waals surface area (Å²) < 4.78 is 43.7. The van der Waals surface area contributed by atoms with Crippen LogP contribution in [-0.4, -0.2) is 9.91 Å². The van der Waals surface area contributed by atoms with Crippen molar-refractivity contribution in [3.05, 3.63) is 57.0 Å². The van der Waals surface area contributed by atoms with Gasteiger partial charge < -0.3 is 4.74 Å². The molecule has 104 valence electrons. The second-order valence-corrected chi connectivity index (χ2v) is 3.93. The fourth-order valence-electron chi connectivity index (χ4n) is 1.31. The molecule has 20 heavy (non-hydrogen) atoms. The molecule has 0 unspecified atom stereocenters. The van der Waals surface area contributed by atoms with Crippen LogP contribution in [0.3, 0.4) is 0 Å². The summed E-state index contributed by atoms with van der Waals surface area (Å²) in [5.41, 5.74) is -0.377. The summed E-state index contributed by atoms with van der Waals surface area (Å²) in [5, 5.41) is 10.3. The van der Waals surface area contributed by atoms with Gasteiger partial charge in [0, 0.05) is 18.2 Å². The molecule has 0 aliphatic heterocycles. The maximum atomic E-state index is 13.3. The van der Waals surface area contributed by atoms with Gasteiger partial charge in [-0.1, -0.05) is 11.6 Å². The van der Waals surface area contributed by atoms with Crippen molar-refractivity contribution < 1.29 is 22.8 Å². The van der Waals surface area contributed by atoms with Crippen LogP contribution in [0.15, 0.2) is 24.3 Å². The van der Waals surface area contributed by atoms with Gasteiger partial charge in [0.2, 0.25) is 0 Å². The van der Waals surface area contributed by atoms with Gasteiger partial charge in [0.15, 0.2) is 11.6 Å². The maximum Gasteiger partial charge on any atom is 0.288 e. The normalized spacial score (nSPS) is 10.4. The molecule has 0 aliphatic carbocycles. The van der Waals surface area contributed by atoms with Crippen molar-refractivity contribution in [2.24, 2.45) is 0 Å². The molecule has 0 aliphatic rings. The Kier molecular flexibility index (Phi) is 3.75. The first-order valence-corrected chi connectivity index (χ1v) is 5.39. The molecule has 9 heteroatoms. The van der Waals surface area contributed by atoms with Gasteiger partial charge in [0.05, 0.1) is 4.92 Å². The molecule has 0 spiro atoms. The average molecular weight is 305 g/mol. The van der Waals surface area contributed by atoms with E-state index in [4.69, 9.17) is 16.3 Å². The SMILES string of the molecule is O=[N+]([O-])c1ccc(Oc2nc(F)c(F)cc2F)cc1Cl. The van der Waals surface area contributed by atoms with Crippen molar-refractivity contribution >= 4 is 17.3 Å². The number of aromatic nitrogens is 1. The smallest absolute Gasteiger partial charge is 0.288 e. The first kappa shape index (κ1) is 14.1. The summed E-state index contributed by atoms with van der Waals surface area (Å²) in [5.74, 6) is -5.14. The highest BCUT2D eigenvalue weighted by atomic mass is 35.5. The van der Waals surface area contributed by atoms with Gasteiger partial charge in [0.25, 0.3) is 17.5 Å². The van der Waals surface area contributed by atoms with Gasteiger partial charge in [-0.05, 0) is 6.07 Å². The summed E-state index contributed by atoms with van der Waals surface area (Å²) in [6, 6.07) is 3.44. The van der Waals surface area contributed by atoms with Crippen LogP contribution in [0.5, 0.6) is 11.6 Å². The van der Waals surface area contributed by atoms with E-state index < -0.39 is 28.4 Å². The molecular formula is C11H4ClF3N2O3. The van der Waals surface area contributed by atoms with Crippen LogP contribution < -0.4 is 4.74 Å². The topological polar surface area (TPSA) is 65.3 Å². The average Bonchev–Trinajstić information content (AvgIpc) is 2.35. The lowest BCUT2D eigenvalue weighted by Gasteiger charge is -2.06. The van der Waals surface area contributed by atoms with Gasteiger partial charge in [-0.15, -0.1) is 0 Å². The highest BCUT2D eigenvalue weighted by Crippen LogP contribution is 2.31. The quantitative estimate of drug-likeness (QED) is 0.491. The molecule has 1 heterocycles. The van der Waals surface area contributed by atoms with Crippen molar-refractivity contribution in [1.29, 1.82) is 0 Å². The minimum absolute atomic E-state index is 0.113. The molecule has 0 amide bonds. The highest BCUT2D eigenvalue weighted by molar-refractivity contribution is 6.32. The summed E-state index contributed by atoms with van der Waals surface area (Å²) >= 11 is 5.62. The Balaban J connectivity index is 2.33. The van der Waals surface area contributed by atoms with Crippen LogP contribution >= 0.6 is 11.6 Å². The maximum absolute atomic E-state index is 13.3. The summed E-state index contributed by atoms with van der Waals surface area (Å²) in [6.45, 7) is 0. The number of benzene rings is 1. The summed E-state index contributed by atoms with van der Waals surface area (Å²) in [4.78, 5) is 12.8. The second kappa shape index (κ2) is 5.33. The first-order valence-electron chi connectivity index (χ1n) is 5.02. The van der Waals surface area contributed by atoms with Crippen molar-refractivity contribution in [3.8, 4) is 11.6 Å². The van der Waals surface area contributed by atoms with Crippen LogP contribution in [0, 0.1) is 27.7 Å². The molecule has 2 aromatic rings. The monoisotopic (exact) mass is 304 g/mol. The molecule has 0 atom stereocenters. The fourth-order valence-corrected chi connectivity index (χ4v) is 1.55. The highest BCUT2D eigenvalue weighted by Gasteiger charge is 2.16. The minimum atomic E-state index is -1.53. The minimum Gasteiger partial charge on any atom is -0.436 e. The molecule has 1 aromatic heterocycles. The number of pyridine rings is 1. The Bertz CT molecular complexity index is 697. The Morgan fingerprint density at radius 2 is 1.90 bits per heavy atom. The van der Waals surface area contributed by atoms with E-state index in [1.807, 2.05) is 0 Å². The number of hydrogen-bond donors (Lipinski definition) is 0. The van der Waals surface area contributed by atoms with Crippen molar-refractivity contribution in [2.45, 2.75) is 0 Å². The van der Waals surface area contributed by atoms with Crippen molar-refractivity contribution in [1.82, 2.24) is 4.98 Å². The summed E-state index contributed by atoms with van der Waals surface area (Å²) in [6.07, 6.45) is 0. The number of nitro benzene ring substituents is 1. The van der Waals surface area contributed by atoms with Gasteiger partial charge in [0.1, 0.15) is 10.8 Å². The molecular weight excluding hydrogens is 301 g/mol. The van der Waals surface area contributed by atoms with E-state index in [0.717, 1.165) is 18.2 Å². The standard InChI is InChI=1S/C11H4ClF3N2O3/c12-6-3-5(1-2-9(6)17(18)19)20-11-8(14)4-7(13)10(15)16-11/h1-4H. The third-order valence-corrected chi connectivity index (χ3v) is 2.49. The van der Waals surface area contributed by atoms with Gasteiger partial charge in [-0.2, -0.15) is 9.37 Å². The Morgan fingerprint density at radius 1 is 1.20 bits per heavy atom. The molecule has 0 fully saturated rings. The Hall–Kier alpha value is -2.35. The van der Waals surface area contributed by atoms with Crippen LogP contribution in [0.1, 0.15) is 0 Å². The molecule has 0 bridgehead atoms. The molecule has 0 saturated heterocycles. The van der Waals surface area contributed by atoms with Crippen molar-refractivity contribution in [2.75, 3.05) is 0 Å². The lowest BCUT2D eigenvalue weighted by atomic mass is 10.3. The molecule has 5 nitrogen and oxygen atoms in total. The molecule has 0 radical (unpaired) electrons. The van der Waals surface area contributed by atoms with Crippen LogP contribution in [0.25, 0.3) is 0 Å². The van der Waals surface area contributed by atoms with Crippen molar-refractivity contribution in [3.63, 3.8) is 0 Å². The van der Waals surface area contributed by atoms with E-state index in [1.54, 1.807) is 0 Å². The van der Waals surface area contributed by atoms with Gasteiger partial charge in [-0.25, -0.2) is 8.78 Å². The Labute approximate surface area is 114 Å². The molecule has 0 saturated carbocycles. The number of nitrogens with zero attached hydrogens (tertiary/aromatic N) is 2. The second-order valence-electron chi connectivity index (χ2n) is 3.52. The predicted octanol–water partition coefficient (Wildman–Crippen LogP) is 3.85. The fraction of sp³-hybridized carbons (Fsp3) is 0. The van der Waals surface area contributed by atoms with Gasteiger partial charge in [-0.3, -0.25) is 10.1 Å².